The van der Waals surface area contributed by atoms with E-state index in [0.717, 1.165) is 32.2 Å². The molecule has 0 N–H and O–H groups in total. The number of hydrogen-bond donors (Lipinski definition) is 0. The molecule has 0 unspecified atom stereocenters. The minimum atomic E-state index is -0.281. The Labute approximate surface area is 192 Å². The topological polar surface area (TPSA) is 46.6 Å². The molecule has 0 aliphatic carbocycles. The van der Waals surface area contributed by atoms with E-state index < -0.39 is 0 Å². The summed E-state index contributed by atoms with van der Waals surface area (Å²) in [5, 5.41) is 2.13. The number of carbonyl (C=O) groups excluding carboxylic acids is 2. The summed E-state index contributed by atoms with van der Waals surface area (Å²) in [5.74, 6) is 0.497. The fourth-order valence-corrected chi connectivity index (χ4v) is 4.69. The third-order valence-corrected chi connectivity index (χ3v) is 6.40. The Kier molecular flexibility index (Phi) is 6.24. The molecule has 3 aromatic rings. The number of thioether (sulfide) groups is 1. The van der Waals surface area contributed by atoms with E-state index in [2.05, 4.69) is 59.5 Å². The Morgan fingerprint density at radius 1 is 1.03 bits per heavy atom. The highest BCUT2D eigenvalue weighted by Crippen LogP contribution is 2.33. The molecule has 3 aromatic carbocycles. The molecule has 1 aliphatic rings. The van der Waals surface area contributed by atoms with Crippen LogP contribution in [0.25, 0.3) is 16.8 Å². The molecule has 0 saturated carbocycles. The number of ether oxygens (including phenoxy) is 1. The van der Waals surface area contributed by atoms with Gasteiger partial charge in [-0.2, -0.15) is 0 Å². The summed E-state index contributed by atoms with van der Waals surface area (Å²) in [7, 11) is 0. The molecule has 150 valence electrons. The Morgan fingerprint density at radius 2 is 1.83 bits per heavy atom. The number of nitrogens with zero attached hydrogens (tertiary/aromatic N) is 1. The van der Waals surface area contributed by atoms with E-state index >= 15 is 0 Å². The first-order chi connectivity index (χ1) is 14.5. The van der Waals surface area contributed by atoms with Crippen LogP contribution in [0.3, 0.4) is 0 Å². The van der Waals surface area contributed by atoms with E-state index in [-0.39, 0.29) is 17.7 Å². The Bertz CT molecular complexity index is 1190. The van der Waals surface area contributed by atoms with Crippen molar-refractivity contribution in [2.24, 2.45) is 0 Å². The van der Waals surface area contributed by atoms with Crippen molar-refractivity contribution in [3.8, 4) is 5.75 Å². The second kappa shape index (κ2) is 9.06. The third-order valence-electron chi connectivity index (χ3n) is 4.65. The van der Waals surface area contributed by atoms with Crippen LogP contribution in [-0.2, 0) is 11.4 Å². The molecule has 1 heterocycles. The van der Waals surface area contributed by atoms with Crippen LogP contribution in [0.1, 0.15) is 11.1 Å². The van der Waals surface area contributed by atoms with Gasteiger partial charge in [-0.3, -0.25) is 14.5 Å². The zero-order valence-electron chi connectivity index (χ0n) is 16.0. The second-order valence-electron chi connectivity index (χ2n) is 6.74. The van der Waals surface area contributed by atoms with Gasteiger partial charge in [-0.05, 0) is 80.5 Å². The van der Waals surface area contributed by atoms with Crippen LogP contribution < -0.4 is 4.74 Å². The highest BCUT2D eigenvalue weighted by molar-refractivity contribution is 14.1. The molecule has 2 amide bonds. The maximum absolute atomic E-state index is 12.4. The van der Waals surface area contributed by atoms with Gasteiger partial charge in [0.25, 0.3) is 11.1 Å². The van der Waals surface area contributed by atoms with Gasteiger partial charge in [0.05, 0.1) is 8.48 Å². The number of halogens is 1. The second-order valence-corrected chi connectivity index (χ2v) is 8.90. The molecular weight excluding hydrogens is 509 g/mol. The Hall–Kier alpha value is -2.58. The van der Waals surface area contributed by atoms with Gasteiger partial charge in [0, 0.05) is 6.54 Å². The lowest BCUT2D eigenvalue weighted by atomic mass is 10.1. The van der Waals surface area contributed by atoms with Gasteiger partial charge in [0.1, 0.15) is 12.4 Å². The van der Waals surface area contributed by atoms with E-state index in [1.165, 1.54) is 15.7 Å². The number of rotatable bonds is 6. The van der Waals surface area contributed by atoms with Gasteiger partial charge in [-0.25, -0.2) is 0 Å². The molecule has 0 aromatic heterocycles. The number of hydrogen-bond acceptors (Lipinski definition) is 4. The molecular formula is C24H18INO3S. The zero-order chi connectivity index (χ0) is 21.1. The van der Waals surface area contributed by atoms with Gasteiger partial charge < -0.3 is 4.74 Å². The summed E-state index contributed by atoms with van der Waals surface area (Å²) in [6.07, 6.45) is 3.28. The predicted octanol–water partition coefficient (Wildman–Crippen LogP) is 6.25. The van der Waals surface area contributed by atoms with Crippen molar-refractivity contribution >= 4 is 62.3 Å². The van der Waals surface area contributed by atoms with Crippen molar-refractivity contribution in [1.82, 2.24) is 4.90 Å². The molecule has 4 nitrogen and oxygen atoms in total. The van der Waals surface area contributed by atoms with Crippen LogP contribution >= 0.6 is 34.4 Å². The number of amides is 2. The number of imide groups is 1. The van der Waals surface area contributed by atoms with E-state index in [9.17, 15) is 9.59 Å². The molecule has 30 heavy (non-hydrogen) atoms. The van der Waals surface area contributed by atoms with Gasteiger partial charge in [-0.1, -0.05) is 48.5 Å². The molecule has 0 bridgehead atoms. The first kappa shape index (κ1) is 20.7. The van der Waals surface area contributed by atoms with Crippen molar-refractivity contribution in [3.05, 3.63) is 92.9 Å². The van der Waals surface area contributed by atoms with Crippen LogP contribution in [0.15, 0.2) is 78.2 Å². The Balaban J connectivity index is 1.47. The molecule has 4 rings (SSSR count). The van der Waals surface area contributed by atoms with Crippen LogP contribution in [-0.4, -0.2) is 22.6 Å². The maximum atomic E-state index is 12.4. The molecule has 0 spiro atoms. The van der Waals surface area contributed by atoms with Crippen LogP contribution in [0.5, 0.6) is 5.75 Å². The normalized spacial score (nSPS) is 15.2. The minimum Gasteiger partial charge on any atom is -0.488 e. The van der Waals surface area contributed by atoms with Gasteiger partial charge in [0.15, 0.2) is 0 Å². The third kappa shape index (κ3) is 4.44. The summed E-state index contributed by atoms with van der Waals surface area (Å²) in [6.45, 7) is 4.28. The smallest absolute Gasteiger partial charge is 0.293 e. The van der Waals surface area contributed by atoms with Crippen LogP contribution in [0.2, 0.25) is 0 Å². The quantitative estimate of drug-likeness (QED) is 0.216. The van der Waals surface area contributed by atoms with E-state index in [1.807, 2.05) is 30.3 Å². The number of fused-ring (bicyclic) bond motifs is 1. The average molecular weight is 527 g/mol. The maximum Gasteiger partial charge on any atom is 0.293 e. The molecule has 1 fully saturated rings. The lowest BCUT2D eigenvalue weighted by molar-refractivity contribution is -0.122. The molecule has 0 atom stereocenters. The summed E-state index contributed by atoms with van der Waals surface area (Å²) in [6, 6.07) is 20.3. The van der Waals surface area contributed by atoms with E-state index in [4.69, 9.17) is 4.74 Å². The van der Waals surface area contributed by atoms with Gasteiger partial charge in [0.2, 0.25) is 0 Å². The predicted molar refractivity (Wildman–Crippen MR) is 130 cm³/mol. The van der Waals surface area contributed by atoms with Crippen molar-refractivity contribution in [2.75, 3.05) is 6.54 Å². The Morgan fingerprint density at radius 3 is 2.60 bits per heavy atom. The number of carbonyl (C=O) groups is 2. The van der Waals surface area contributed by atoms with E-state index in [1.54, 1.807) is 12.2 Å². The summed E-state index contributed by atoms with van der Waals surface area (Å²) >= 11 is 3.17. The SMILES string of the molecule is C=CCN1C(=O)S/C(=C/c2ccc(OCc3ccc4ccccc4c3)c(I)c2)C1=O. The first-order valence-corrected chi connectivity index (χ1v) is 11.2. The van der Waals surface area contributed by atoms with Crippen molar-refractivity contribution in [2.45, 2.75) is 6.61 Å². The zero-order valence-corrected chi connectivity index (χ0v) is 19.0. The fraction of sp³-hybridized carbons (Fsp3) is 0.0833. The van der Waals surface area contributed by atoms with Crippen molar-refractivity contribution in [1.29, 1.82) is 0 Å². The van der Waals surface area contributed by atoms with Crippen molar-refractivity contribution in [3.63, 3.8) is 0 Å². The molecule has 1 saturated heterocycles. The molecule has 1 aliphatic heterocycles. The monoisotopic (exact) mass is 527 g/mol. The summed E-state index contributed by atoms with van der Waals surface area (Å²) < 4.78 is 6.95. The minimum absolute atomic E-state index is 0.223. The largest absolute Gasteiger partial charge is 0.488 e. The lowest BCUT2D eigenvalue weighted by Crippen LogP contribution is -2.27. The fourth-order valence-electron chi connectivity index (χ4n) is 3.15. The first-order valence-electron chi connectivity index (χ1n) is 9.31. The standard InChI is InChI=1S/C24H18INO3S/c1-2-11-26-23(27)22(30-24(26)28)14-16-8-10-21(20(25)13-16)29-15-17-7-9-18-5-3-4-6-19(18)12-17/h2-10,12-14H,1,11,15H2/b22-14+. The van der Waals surface area contributed by atoms with Crippen molar-refractivity contribution < 1.29 is 14.3 Å². The van der Waals surface area contributed by atoms with Crippen LogP contribution in [0, 0.1) is 3.57 Å². The summed E-state index contributed by atoms with van der Waals surface area (Å²) in [4.78, 5) is 25.9. The number of benzene rings is 3. The highest BCUT2D eigenvalue weighted by atomic mass is 127. The highest BCUT2D eigenvalue weighted by Gasteiger charge is 2.34. The van der Waals surface area contributed by atoms with E-state index in [0.29, 0.717) is 11.5 Å². The lowest BCUT2D eigenvalue weighted by Gasteiger charge is -2.10. The van der Waals surface area contributed by atoms with Gasteiger partial charge in [-0.15, -0.1) is 6.58 Å². The molecule has 0 radical (unpaired) electrons. The van der Waals surface area contributed by atoms with Crippen LogP contribution in [0.4, 0.5) is 4.79 Å². The molecule has 6 heteroatoms. The van der Waals surface area contributed by atoms with Gasteiger partial charge >= 0.3 is 0 Å². The summed E-state index contributed by atoms with van der Waals surface area (Å²) in [5.41, 5.74) is 1.95. The average Bonchev–Trinajstić information content (AvgIpc) is 3.00.